The number of rotatable bonds is 5. The zero-order valence-electron chi connectivity index (χ0n) is 17.4. The average Bonchev–Trinajstić information content (AvgIpc) is 3.27. The minimum atomic E-state index is -4.37. The monoisotopic (exact) mass is 461 g/mol. The number of alkyl halides is 3. The number of nitrogens with zero attached hydrogens (tertiary/aromatic N) is 4. The lowest BCUT2D eigenvalue weighted by atomic mass is 10.1. The van der Waals surface area contributed by atoms with Gasteiger partial charge in [0.25, 0.3) is 0 Å². The van der Waals surface area contributed by atoms with Gasteiger partial charge in [0.05, 0.1) is 11.3 Å². The molecule has 1 aromatic heterocycles. The summed E-state index contributed by atoms with van der Waals surface area (Å²) in [6.45, 7) is 3.89. The second-order valence-electron chi connectivity index (χ2n) is 7.54. The van der Waals surface area contributed by atoms with Crippen LogP contribution >= 0.6 is 11.8 Å². The standard InChI is InChI=1S/C22H22F3N5OS/c1-15-5-7-16(8-6-15)20-26-21(28-27-20)32-14-19(31)30-11-9-29(10-12-30)18-4-2-3-17(13-18)22(23,24)25/h2-8,13H,9-12,14H2,1H3,(H,26,27,28). The van der Waals surface area contributed by atoms with Gasteiger partial charge in [-0.1, -0.05) is 47.7 Å². The van der Waals surface area contributed by atoms with Crippen LogP contribution in [-0.4, -0.2) is 57.9 Å². The molecule has 10 heteroatoms. The number of carbonyl (C=O) groups is 1. The van der Waals surface area contributed by atoms with Crippen molar-refractivity contribution in [3.05, 3.63) is 59.7 Å². The largest absolute Gasteiger partial charge is 0.416 e. The van der Waals surface area contributed by atoms with E-state index in [0.717, 1.165) is 23.3 Å². The van der Waals surface area contributed by atoms with Crippen LogP contribution in [-0.2, 0) is 11.0 Å². The number of thioether (sulfide) groups is 1. The van der Waals surface area contributed by atoms with E-state index in [9.17, 15) is 18.0 Å². The number of benzene rings is 2. The number of H-pyrrole nitrogens is 1. The number of carbonyl (C=O) groups excluding carboxylic acids is 1. The summed E-state index contributed by atoms with van der Waals surface area (Å²) in [6.07, 6.45) is -4.37. The zero-order valence-corrected chi connectivity index (χ0v) is 18.2. The molecule has 1 saturated heterocycles. The molecule has 0 radical (unpaired) electrons. The first-order valence-corrected chi connectivity index (χ1v) is 11.1. The summed E-state index contributed by atoms with van der Waals surface area (Å²) < 4.78 is 38.9. The zero-order chi connectivity index (χ0) is 22.7. The molecule has 1 fully saturated rings. The van der Waals surface area contributed by atoms with Crippen LogP contribution in [0.3, 0.4) is 0 Å². The van der Waals surface area contributed by atoms with Crippen LogP contribution in [0.25, 0.3) is 11.4 Å². The molecular formula is C22H22F3N5OS. The maximum Gasteiger partial charge on any atom is 0.416 e. The molecule has 4 rings (SSSR count). The van der Waals surface area contributed by atoms with Crippen LogP contribution < -0.4 is 4.90 Å². The second kappa shape index (κ2) is 9.23. The molecular weight excluding hydrogens is 439 g/mol. The van der Waals surface area contributed by atoms with E-state index >= 15 is 0 Å². The molecule has 0 spiro atoms. The fraction of sp³-hybridized carbons (Fsp3) is 0.318. The molecule has 1 N–H and O–H groups in total. The molecule has 1 aliphatic heterocycles. The molecule has 2 aromatic carbocycles. The number of piperazine rings is 1. The van der Waals surface area contributed by atoms with E-state index in [1.807, 2.05) is 36.1 Å². The molecule has 0 atom stereocenters. The van der Waals surface area contributed by atoms with Gasteiger partial charge in [0, 0.05) is 37.4 Å². The number of hydrogen-bond donors (Lipinski definition) is 1. The maximum atomic E-state index is 13.0. The Bertz CT molecular complexity index is 1080. The number of aromatic amines is 1. The van der Waals surface area contributed by atoms with Crippen molar-refractivity contribution in [3.63, 3.8) is 0 Å². The van der Waals surface area contributed by atoms with Gasteiger partial charge >= 0.3 is 6.18 Å². The minimum Gasteiger partial charge on any atom is -0.368 e. The van der Waals surface area contributed by atoms with Crippen molar-refractivity contribution in [1.29, 1.82) is 0 Å². The number of nitrogens with one attached hydrogen (secondary N) is 1. The molecule has 32 heavy (non-hydrogen) atoms. The van der Waals surface area contributed by atoms with Crippen LogP contribution in [0.4, 0.5) is 18.9 Å². The molecule has 0 unspecified atom stereocenters. The lowest BCUT2D eigenvalue weighted by Gasteiger charge is -2.36. The van der Waals surface area contributed by atoms with Crippen molar-refractivity contribution >= 4 is 23.4 Å². The summed E-state index contributed by atoms with van der Waals surface area (Å²) in [7, 11) is 0. The van der Waals surface area contributed by atoms with Crippen molar-refractivity contribution in [2.45, 2.75) is 18.3 Å². The summed E-state index contributed by atoms with van der Waals surface area (Å²) in [5.41, 5.74) is 1.93. The number of aromatic nitrogens is 3. The fourth-order valence-corrected chi connectivity index (χ4v) is 4.16. The van der Waals surface area contributed by atoms with Gasteiger partial charge in [0.2, 0.25) is 11.1 Å². The summed E-state index contributed by atoms with van der Waals surface area (Å²) in [6, 6.07) is 13.2. The van der Waals surface area contributed by atoms with Crippen LogP contribution in [0.2, 0.25) is 0 Å². The predicted molar refractivity (Wildman–Crippen MR) is 118 cm³/mol. The Labute approximate surface area is 187 Å². The predicted octanol–water partition coefficient (Wildman–Crippen LogP) is 4.24. The van der Waals surface area contributed by atoms with Crippen molar-refractivity contribution in [1.82, 2.24) is 20.1 Å². The SMILES string of the molecule is Cc1ccc(-c2nc(SCC(=O)N3CCN(c4cccc(C(F)(F)F)c4)CC3)n[nH]2)cc1. The second-order valence-corrected chi connectivity index (χ2v) is 8.48. The van der Waals surface area contributed by atoms with E-state index in [0.29, 0.717) is 42.8 Å². The molecule has 0 saturated carbocycles. The molecule has 2 heterocycles. The Morgan fingerprint density at radius 1 is 1.09 bits per heavy atom. The van der Waals surface area contributed by atoms with E-state index in [1.165, 1.54) is 17.8 Å². The van der Waals surface area contributed by atoms with Crippen LogP contribution in [0.1, 0.15) is 11.1 Å². The number of aryl methyl sites for hydroxylation is 1. The first-order valence-electron chi connectivity index (χ1n) is 10.1. The lowest BCUT2D eigenvalue weighted by molar-refractivity contribution is -0.137. The van der Waals surface area contributed by atoms with Gasteiger partial charge in [-0.15, -0.1) is 5.10 Å². The molecule has 1 aliphatic rings. The molecule has 3 aromatic rings. The summed E-state index contributed by atoms with van der Waals surface area (Å²) >= 11 is 1.26. The van der Waals surface area contributed by atoms with Crippen molar-refractivity contribution in [2.75, 3.05) is 36.8 Å². The van der Waals surface area contributed by atoms with Crippen LogP contribution in [0.5, 0.6) is 0 Å². The molecule has 0 aliphatic carbocycles. The van der Waals surface area contributed by atoms with Crippen molar-refractivity contribution in [2.24, 2.45) is 0 Å². The van der Waals surface area contributed by atoms with Gasteiger partial charge in [-0.3, -0.25) is 9.89 Å². The Morgan fingerprint density at radius 3 is 2.50 bits per heavy atom. The third-order valence-electron chi connectivity index (χ3n) is 5.29. The van der Waals surface area contributed by atoms with Gasteiger partial charge in [0.1, 0.15) is 0 Å². The van der Waals surface area contributed by atoms with Gasteiger partial charge in [-0.25, -0.2) is 4.98 Å². The Morgan fingerprint density at radius 2 is 1.81 bits per heavy atom. The minimum absolute atomic E-state index is 0.0413. The van der Waals surface area contributed by atoms with Crippen molar-refractivity contribution < 1.29 is 18.0 Å². The molecule has 6 nitrogen and oxygen atoms in total. The Balaban J connectivity index is 1.29. The maximum absolute atomic E-state index is 13.0. The first kappa shape index (κ1) is 22.2. The van der Waals surface area contributed by atoms with Gasteiger partial charge < -0.3 is 9.80 Å². The number of hydrogen-bond acceptors (Lipinski definition) is 5. The number of amides is 1. The van der Waals surface area contributed by atoms with E-state index in [-0.39, 0.29) is 11.7 Å². The molecule has 1 amide bonds. The average molecular weight is 462 g/mol. The summed E-state index contributed by atoms with van der Waals surface area (Å²) in [5.74, 6) is 0.810. The number of halogens is 3. The van der Waals surface area contributed by atoms with Gasteiger partial charge in [0.15, 0.2) is 5.82 Å². The summed E-state index contributed by atoms with van der Waals surface area (Å²) in [5, 5.41) is 7.55. The topological polar surface area (TPSA) is 65.1 Å². The molecule has 168 valence electrons. The van der Waals surface area contributed by atoms with E-state index in [1.54, 1.807) is 11.0 Å². The van der Waals surface area contributed by atoms with E-state index < -0.39 is 11.7 Å². The number of anilines is 1. The highest BCUT2D eigenvalue weighted by Gasteiger charge is 2.31. The van der Waals surface area contributed by atoms with E-state index in [2.05, 4.69) is 15.2 Å². The quantitative estimate of drug-likeness (QED) is 0.576. The molecule has 0 bridgehead atoms. The first-order chi connectivity index (χ1) is 15.3. The van der Waals surface area contributed by atoms with Crippen molar-refractivity contribution in [3.8, 4) is 11.4 Å². The normalized spacial score (nSPS) is 14.6. The fourth-order valence-electron chi connectivity index (χ4n) is 3.46. The summed E-state index contributed by atoms with van der Waals surface area (Å²) in [4.78, 5) is 20.6. The highest BCUT2D eigenvalue weighted by atomic mass is 32.2. The highest BCUT2D eigenvalue weighted by Crippen LogP contribution is 2.32. The Hall–Kier alpha value is -3.01. The van der Waals surface area contributed by atoms with Gasteiger partial charge in [-0.2, -0.15) is 13.2 Å². The Kier molecular flexibility index (Phi) is 6.40. The van der Waals surface area contributed by atoms with Gasteiger partial charge in [-0.05, 0) is 25.1 Å². The van der Waals surface area contributed by atoms with Crippen LogP contribution in [0.15, 0.2) is 53.7 Å². The smallest absolute Gasteiger partial charge is 0.368 e. The van der Waals surface area contributed by atoms with E-state index in [4.69, 9.17) is 0 Å². The lowest BCUT2D eigenvalue weighted by Crippen LogP contribution is -2.49. The third kappa shape index (κ3) is 5.24. The highest BCUT2D eigenvalue weighted by molar-refractivity contribution is 7.99. The van der Waals surface area contributed by atoms with Crippen LogP contribution in [0, 0.1) is 6.92 Å². The third-order valence-corrected chi connectivity index (χ3v) is 6.12.